The highest BCUT2D eigenvalue weighted by molar-refractivity contribution is 6.33. The monoisotopic (exact) mass is 265 g/mol. The number of benzene rings is 1. The molecule has 0 saturated carbocycles. The van der Waals surface area contributed by atoms with E-state index in [9.17, 15) is 0 Å². The molecule has 96 valence electrons. The topological polar surface area (TPSA) is 34.4 Å². The summed E-state index contributed by atoms with van der Waals surface area (Å²) in [5.74, 6) is 1.67. The number of nitrogens with one attached hydrogen (secondary N) is 1. The van der Waals surface area contributed by atoms with Crippen molar-refractivity contribution < 1.29 is 9.15 Å². The van der Waals surface area contributed by atoms with E-state index in [0.29, 0.717) is 5.02 Å². The zero-order chi connectivity index (χ0) is 13.0. The van der Waals surface area contributed by atoms with Crippen LogP contribution in [0.3, 0.4) is 0 Å². The summed E-state index contributed by atoms with van der Waals surface area (Å²) in [5.41, 5.74) is 0.847. The maximum Gasteiger partial charge on any atom is 0.125 e. The normalized spacial score (nSPS) is 12.2. The van der Waals surface area contributed by atoms with Gasteiger partial charge in [-0.05, 0) is 30.7 Å². The number of furan rings is 1. The number of halogens is 1. The molecule has 1 aromatic heterocycles. The lowest BCUT2D eigenvalue weighted by molar-refractivity contribution is 0.415. The summed E-state index contributed by atoms with van der Waals surface area (Å²) in [7, 11) is 1.64. The molecule has 4 heteroatoms. The molecular weight excluding hydrogens is 250 g/mol. The molecular formula is C14H16ClNO2. The SMILES string of the molecule is CCC(Nc1cc(OC)ccc1Cl)c1ccco1. The summed E-state index contributed by atoms with van der Waals surface area (Å²) < 4.78 is 10.6. The van der Waals surface area contributed by atoms with Crippen molar-refractivity contribution in [3.63, 3.8) is 0 Å². The average Bonchev–Trinajstić information content (AvgIpc) is 2.91. The first-order valence-electron chi connectivity index (χ1n) is 5.88. The highest BCUT2D eigenvalue weighted by atomic mass is 35.5. The Kier molecular flexibility index (Phi) is 4.15. The summed E-state index contributed by atoms with van der Waals surface area (Å²) >= 11 is 6.17. The Morgan fingerprint density at radius 1 is 1.39 bits per heavy atom. The minimum atomic E-state index is 0.101. The lowest BCUT2D eigenvalue weighted by atomic mass is 10.1. The molecule has 0 bridgehead atoms. The highest BCUT2D eigenvalue weighted by Gasteiger charge is 2.13. The molecule has 2 rings (SSSR count). The Morgan fingerprint density at radius 2 is 2.22 bits per heavy atom. The second-order valence-corrected chi connectivity index (χ2v) is 4.37. The van der Waals surface area contributed by atoms with E-state index in [4.69, 9.17) is 20.8 Å². The van der Waals surface area contributed by atoms with Gasteiger partial charge in [0.25, 0.3) is 0 Å². The molecule has 1 aromatic carbocycles. The third-order valence-corrected chi connectivity index (χ3v) is 3.13. The van der Waals surface area contributed by atoms with Crippen LogP contribution < -0.4 is 10.1 Å². The molecule has 1 N–H and O–H groups in total. The van der Waals surface area contributed by atoms with Gasteiger partial charge in [0.15, 0.2) is 0 Å². The van der Waals surface area contributed by atoms with E-state index < -0.39 is 0 Å². The van der Waals surface area contributed by atoms with Crippen LogP contribution in [0.5, 0.6) is 5.75 Å². The predicted molar refractivity (Wildman–Crippen MR) is 73.4 cm³/mol. The summed E-state index contributed by atoms with van der Waals surface area (Å²) in [6, 6.07) is 9.47. The van der Waals surface area contributed by atoms with Crippen LogP contribution in [0.4, 0.5) is 5.69 Å². The number of hydrogen-bond donors (Lipinski definition) is 1. The molecule has 0 amide bonds. The Bertz CT molecular complexity index is 497. The number of anilines is 1. The van der Waals surface area contributed by atoms with Gasteiger partial charge < -0.3 is 14.5 Å². The summed E-state index contributed by atoms with van der Waals surface area (Å²) in [5, 5.41) is 4.04. The molecule has 1 unspecified atom stereocenters. The van der Waals surface area contributed by atoms with Gasteiger partial charge in [0.1, 0.15) is 11.5 Å². The van der Waals surface area contributed by atoms with Crippen LogP contribution in [0, 0.1) is 0 Å². The molecule has 0 saturated heterocycles. The van der Waals surface area contributed by atoms with Crippen LogP contribution in [-0.4, -0.2) is 7.11 Å². The van der Waals surface area contributed by atoms with E-state index in [-0.39, 0.29) is 6.04 Å². The lowest BCUT2D eigenvalue weighted by Gasteiger charge is -2.17. The molecule has 0 radical (unpaired) electrons. The Labute approximate surface area is 112 Å². The second-order valence-electron chi connectivity index (χ2n) is 3.97. The number of ether oxygens (including phenoxy) is 1. The molecule has 0 spiro atoms. The predicted octanol–water partition coefficient (Wildman–Crippen LogP) is 4.50. The number of hydrogen-bond acceptors (Lipinski definition) is 3. The van der Waals surface area contributed by atoms with E-state index >= 15 is 0 Å². The molecule has 1 atom stereocenters. The van der Waals surface area contributed by atoms with E-state index in [1.165, 1.54) is 0 Å². The quantitative estimate of drug-likeness (QED) is 0.864. The van der Waals surface area contributed by atoms with Crippen LogP contribution in [0.2, 0.25) is 5.02 Å². The Morgan fingerprint density at radius 3 is 2.83 bits per heavy atom. The van der Waals surface area contributed by atoms with E-state index in [2.05, 4.69) is 12.2 Å². The van der Waals surface area contributed by atoms with Crippen molar-refractivity contribution in [3.05, 3.63) is 47.4 Å². The molecule has 0 fully saturated rings. The number of rotatable bonds is 5. The molecule has 1 heterocycles. The van der Waals surface area contributed by atoms with Gasteiger partial charge in [0, 0.05) is 6.07 Å². The highest BCUT2D eigenvalue weighted by Crippen LogP contribution is 2.31. The van der Waals surface area contributed by atoms with Crippen LogP contribution >= 0.6 is 11.6 Å². The van der Waals surface area contributed by atoms with Crippen LogP contribution in [0.1, 0.15) is 25.1 Å². The average molecular weight is 266 g/mol. The largest absolute Gasteiger partial charge is 0.497 e. The van der Waals surface area contributed by atoms with E-state index in [0.717, 1.165) is 23.6 Å². The minimum Gasteiger partial charge on any atom is -0.497 e. The molecule has 0 aliphatic rings. The van der Waals surface area contributed by atoms with Gasteiger partial charge in [-0.2, -0.15) is 0 Å². The van der Waals surface area contributed by atoms with Gasteiger partial charge in [0.2, 0.25) is 0 Å². The summed E-state index contributed by atoms with van der Waals surface area (Å²) in [6.45, 7) is 2.09. The van der Waals surface area contributed by atoms with Crippen molar-refractivity contribution in [3.8, 4) is 5.75 Å². The maximum atomic E-state index is 6.17. The van der Waals surface area contributed by atoms with Gasteiger partial charge in [-0.1, -0.05) is 18.5 Å². The van der Waals surface area contributed by atoms with Gasteiger partial charge in [-0.3, -0.25) is 0 Å². The first-order chi connectivity index (χ1) is 8.74. The fraction of sp³-hybridized carbons (Fsp3) is 0.286. The molecule has 18 heavy (non-hydrogen) atoms. The zero-order valence-electron chi connectivity index (χ0n) is 10.4. The van der Waals surface area contributed by atoms with Gasteiger partial charge >= 0.3 is 0 Å². The molecule has 2 aromatic rings. The smallest absolute Gasteiger partial charge is 0.125 e. The number of methoxy groups -OCH3 is 1. The lowest BCUT2D eigenvalue weighted by Crippen LogP contribution is -2.09. The fourth-order valence-corrected chi connectivity index (χ4v) is 1.97. The standard InChI is InChI=1S/C14H16ClNO2/c1-3-12(14-5-4-8-18-14)16-13-9-10(17-2)6-7-11(13)15/h4-9,12,16H,3H2,1-2H3. The first kappa shape index (κ1) is 12.8. The van der Waals surface area contributed by atoms with Crippen molar-refractivity contribution in [1.29, 1.82) is 0 Å². The first-order valence-corrected chi connectivity index (χ1v) is 6.26. The second kappa shape index (κ2) is 5.83. The summed E-state index contributed by atoms with van der Waals surface area (Å²) in [6.07, 6.45) is 2.58. The Hall–Kier alpha value is -1.61. The van der Waals surface area contributed by atoms with Crippen molar-refractivity contribution in [2.75, 3.05) is 12.4 Å². The third kappa shape index (κ3) is 2.79. The van der Waals surface area contributed by atoms with Crippen molar-refractivity contribution >= 4 is 17.3 Å². The molecule has 0 aliphatic carbocycles. The van der Waals surface area contributed by atoms with Crippen LogP contribution in [0.25, 0.3) is 0 Å². The van der Waals surface area contributed by atoms with E-state index in [1.807, 2.05) is 30.3 Å². The third-order valence-electron chi connectivity index (χ3n) is 2.80. The van der Waals surface area contributed by atoms with Crippen LogP contribution in [0.15, 0.2) is 41.0 Å². The molecule has 0 aliphatic heterocycles. The fourth-order valence-electron chi connectivity index (χ4n) is 1.79. The van der Waals surface area contributed by atoms with E-state index in [1.54, 1.807) is 13.4 Å². The maximum absolute atomic E-state index is 6.17. The zero-order valence-corrected chi connectivity index (χ0v) is 11.2. The molecule has 3 nitrogen and oxygen atoms in total. The van der Waals surface area contributed by atoms with Crippen molar-refractivity contribution in [1.82, 2.24) is 0 Å². The Balaban J connectivity index is 2.21. The van der Waals surface area contributed by atoms with Crippen molar-refractivity contribution in [2.24, 2.45) is 0 Å². The van der Waals surface area contributed by atoms with Gasteiger partial charge in [0.05, 0.1) is 30.1 Å². The van der Waals surface area contributed by atoms with Gasteiger partial charge in [-0.25, -0.2) is 0 Å². The summed E-state index contributed by atoms with van der Waals surface area (Å²) in [4.78, 5) is 0. The van der Waals surface area contributed by atoms with Crippen molar-refractivity contribution in [2.45, 2.75) is 19.4 Å². The van der Waals surface area contributed by atoms with Gasteiger partial charge in [-0.15, -0.1) is 0 Å². The minimum absolute atomic E-state index is 0.101. The van der Waals surface area contributed by atoms with Crippen LogP contribution in [-0.2, 0) is 0 Å².